The molecule has 0 spiro atoms. The zero-order valence-electron chi connectivity index (χ0n) is 12.2. The van der Waals surface area contributed by atoms with Crippen molar-refractivity contribution in [2.75, 3.05) is 5.06 Å². The number of hydroxylamine groups is 1. The third-order valence-electron chi connectivity index (χ3n) is 3.31. The minimum absolute atomic E-state index is 0.532. The molecule has 0 fully saturated rings. The van der Waals surface area contributed by atoms with Crippen molar-refractivity contribution in [3.63, 3.8) is 0 Å². The van der Waals surface area contributed by atoms with Crippen molar-refractivity contribution in [1.82, 2.24) is 0 Å². The Hall–Kier alpha value is -2.78. The fraction of sp³-hybridized carbons (Fsp3) is 0. The number of carbonyl (C=O) groups is 1. The van der Waals surface area contributed by atoms with Gasteiger partial charge in [0, 0.05) is 5.56 Å². The van der Waals surface area contributed by atoms with Gasteiger partial charge in [0.25, 0.3) is 0 Å². The molecule has 0 aliphatic carbocycles. The first-order valence-electron chi connectivity index (χ1n) is 7.13. The maximum Gasteiger partial charge on any atom is 0.354 e. The molecular formula is C19H14ClNO2. The highest BCUT2D eigenvalue weighted by Gasteiger charge is 2.20. The van der Waals surface area contributed by atoms with Gasteiger partial charge in [0.05, 0.1) is 5.69 Å². The summed E-state index contributed by atoms with van der Waals surface area (Å²) in [4.78, 5) is 17.6. The predicted molar refractivity (Wildman–Crippen MR) is 92.7 cm³/mol. The number of nitrogens with zero attached hydrogens (tertiary/aromatic N) is 1. The molecule has 114 valence electrons. The van der Waals surface area contributed by atoms with E-state index >= 15 is 0 Å². The van der Waals surface area contributed by atoms with Crippen molar-refractivity contribution < 1.29 is 9.63 Å². The molecule has 4 heteroatoms. The Morgan fingerprint density at radius 1 is 0.783 bits per heavy atom. The fourth-order valence-electron chi connectivity index (χ4n) is 2.28. The minimum Gasteiger partial charge on any atom is -0.371 e. The maximum atomic E-state index is 11.9. The van der Waals surface area contributed by atoms with Crippen LogP contribution in [-0.2, 0) is 0 Å². The number of rotatable bonds is 4. The molecule has 23 heavy (non-hydrogen) atoms. The standard InChI is InChI=1S/C19H14ClNO2/c20-19(22)21(23-16-11-5-2-6-12-16)18-14-8-7-13-17(18)15-9-3-1-4-10-15/h1-14H. The van der Waals surface area contributed by atoms with E-state index in [2.05, 4.69) is 0 Å². The van der Waals surface area contributed by atoms with Crippen LogP contribution in [0.4, 0.5) is 10.5 Å². The van der Waals surface area contributed by atoms with Crippen LogP contribution in [0.5, 0.6) is 5.75 Å². The lowest BCUT2D eigenvalue weighted by molar-refractivity contribution is 0.232. The average molecular weight is 324 g/mol. The van der Waals surface area contributed by atoms with Gasteiger partial charge in [-0.15, -0.1) is 5.06 Å². The molecule has 0 heterocycles. The normalized spacial score (nSPS) is 10.1. The minimum atomic E-state index is -0.711. The molecule has 0 unspecified atom stereocenters. The Labute approximate surface area is 139 Å². The lowest BCUT2D eigenvalue weighted by atomic mass is 10.0. The molecule has 0 aliphatic heterocycles. The first-order valence-corrected chi connectivity index (χ1v) is 7.50. The summed E-state index contributed by atoms with van der Waals surface area (Å²) >= 11 is 5.75. The summed E-state index contributed by atoms with van der Waals surface area (Å²) < 4.78 is 0. The third-order valence-corrected chi connectivity index (χ3v) is 3.46. The van der Waals surface area contributed by atoms with E-state index in [1.165, 1.54) is 0 Å². The van der Waals surface area contributed by atoms with E-state index in [9.17, 15) is 4.79 Å². The largest absolute Gasteiger partial charge is 0.371 e. The molecule has 0 atom stereocenters. The van der Waals surface area contributed by atoms with Crippen LogP contribution in [0, 0.1) is 0 Å². The third kappa shape index (κ3) is 3.52. The zero-order valence-corrected chi connectivity index (χ0v) is 13.0. The van der Waals surface area contributed by atoms with Gasteiger partial charge in [0.2, 0.25) is 0 Å². The molecule has 1 amide bonds. The number of anilines is 1. The molecule has 0 bridgehead atoms. The van der Waals surface area contributed by atoms with Gasteiger partial charge in [-0.1, -0.05) is 66.7 Å². The Morgan fingerprint density at radius 3 is 2.00 bits per heavy atom. The second-order valence-electron chi connectivity index (χ2n) is 4.83. The highest BCUT2D eigenvalue weighted by molar-refractivity contribution is 6.65. The van der Waals surface area contributed by atoms with E-state index in [0.717, 1.165) is 16.2 Å². The van der Waals surface area contributed by atoms with Crippen molar-refractivity contribution in [2.24, 2.45) is 0 Å². The zero-order chi connectivity index (χ0) is 16.1. The van der Waals surface area contributed by atoms with Gasteiger partial charge in [0.15, 0.2) is 5.75 Å². The van der Waals surface area contributed by atoms with Crippen molar-refractivity contribution >= 4 is 22.7 Å². The Balaban J connectivity index is 2.02. The van der Waals surface area contributed by atoms with Gasteiger partial charge in [0.1, 0.15) is 0 Å². The van der Waals surface area contributed by atoms with Crippen LogP contribution >= 0.6 is 11.6 Å². The van der Waals surface area contributed by atoms with E-state index < -0.39 is 5.37 Å². The number of benzene rings is 3. The van der Waals surface area contributed by atoms with Crippen molar-refractivity contribution in [3.8, 4) is 16.9 Å². The molecule has 0 saturated heterocycles. The van der Waals surface area contributed by atoms with Crippen molar-refractivity contribution in [1.29, 1.82) is 0 Å². The quantitative estimate of drug-likeness (QED) is 0.360. The van der Waals surface area contributed by atoms with Crippen LogP contribution in [0.1, 0.15) is 0 Å². The molecule has 0 N–H and O–H groups in total. The summed E-state index contributed by atoms with van der Waals surface area (Å²) in [6.07, 6.45) is 0. The molecule has 0 radical (unpaired) electrons. The number of para-hydroxylation sites is 2. The molecule has 0 saturated carbocycles. The predicted octanol–water partition coefficient (Wildman–Crippen LogP) is 5.51. The van der Waals surface area contributed by atoms with E-state index in [0.29, 0.717) is 11.4 Å². The van der Waals surface area contributed by atoms with E-state index in [1.807, 2.05) is 66.7 Å². The second-order valence-corrected chi connectivity index (χ2v) is 5.16. The smallest absolute Gasteiger partial charge is 0.354 e. The maximum absolute atomic E-state index is 11.9. The van der Waals surface area contributed by atoms with Crippen LogP contribution in [0.2, 0.25) is 0 Å². The molecule has 0 aliphatic rings. The van der Waals surface area contributed by atoms with Crippen molar-refractivity contribution in [2.45, 2.75) is 0 Å². The van der Waals surface area contributed by atoms with Crippen LogP contribution in [0.3, 0.4) is 0 Å². The molecular weight excluding hydrogens is 310 g/mol. The molecule has 3 rings (SSSR count). The van der Waals surface area contributed by atoms with Crippen molar-refractivity contribution in [3.05, 3.63) is 84.9 Å². The molecule has 3 nitrogen and oxygen atoms in total. The molecule has 0 aromatic heterocycles. The van der Waals surface area contributed by atoms with E-state index in [-0.39, 0.29) is 0 Å². The topological polar surface area (TPSA) is 29.5 Å². The second kappa shape index (κ2) is 6.99. The van der Waals surface area contributed by atoms with Gasteiger partial charge < -0.3 is 4.84 Å². The van der Waals surface area contributed by atoms with Gasteiger partial charge in [-0.2, -0.15) is 0 Å². The summed E-state index contributed by atoms with van der Waals surface area (Å²) in [5.41, 5.74) is 2.42. The first kappa shape index (κ1) is 15.1. The fourth-order valence-corrected chi connectivity index (χ4v) is 2.40. The number of hydrogen-bond acceptors (Lipinski definition) is 2. The number of amides is 1. The molecule has 3 aromatic carbocycles. The molecule has 3 aromatic rings. The Morgan fingerprint density at radius 2 is 1.35 bits per heavy atom. The van der Waals surface area contributed by atoms with Crippen LogP contribution in [-0.4, -0.2) is 5.37 Å². The Kier molecular flexibility index (Phi) is 4.60. The summed E-state index contributed by atoms with van der Waals surface area (Å²) in [5, 5.41) is 0.386. The summed E-state index contributed by atoms with van der Waals surface area (Å²) in [5.74, 6) is 0.532. The lowest BCUT2D eigenvalue weighted by Crippen LogP contribution is -2.30. The van der Waals surface area contributed by atoms with Gasteiger partial charge in [-0.25, -0.2) is 0 Å². The number of halogens is 1. The van der Waals surface area contributed by atoms with Crippen LogP contribution in [0.15, 0.2) is 84.9 Å². The summed E-state index contributed by atoms with van der Waals surface area (Å²) in [6.45, 7) is 0. The first-order chi connectivity index (χ1) is 11.3. The van der Waals surface area contributed by atoms with Gasteiger partial charge >= 0.3 is 5.37 Å². The highest BCUT2D eigenvalue weighted by atomic mass is 35.5. The van der Waals surface area contributed by atoms with Gasteiger partial charge in [-0.05, 0) is 35.4 Å². The number of carbonyl (C=O) groups excluding carboxylic acids is 1. The highest BCUT2D eigenvalue weighted by Crippen LogP contribution is 2.32. The van der Waals surface area contributed by atoms with Crippen LogP contribution < -0.4 is 9.90 Å². The summed E-state index contributed by atoms with van der Waals surface area (Å²) in [7, 11) is 0. The lowest BCUT2D eigenvalue weighted by Gasteiger charge is -2.22. The Bertz CT molecular complexity index is 791. The SMILES string of the molecule is O=C(Cl)N(Oc1ccccc1)c1ccccc1-c1ccccc1. The number of hydrogen-bond donors (Lipinski definition) is 0. The average Bonchev–Trinajstić information content (AvgIpc) is 2.61. The van der Waals surface area contributed by atoms with E-state index in [4.69, 9.17) is 16.4 Å². The monoisotopic (exact) mass is 323 g/mol. The van der Waals surface area contributed by atoms with Crippen LogP contribution in [0.25, 0.3) is 11.1 Å². The van der Waals surface area contributed by atoms with E-state index in [1.54, 1.807) is 18.2 Å². The van der Waals surface area contributed by atoms with Gasteiger partial charge in [-0.3, -0.25) is 4.79 Å². The summed E-state index contributed by atoms with van der Waals surface area (Å²) in [6, 6.07) is 26.3.